The summed E-state index contributed by atoms with van der Waals surface area (Å²) in [4.78, 5) is 39.5. The van der Waals surface area contributed by atoms with E-state index in [-0.39, 0.29) is 17.2 Å². The lowest BCUT2D eigenvalue weighted by molar-refractivity contribution is -0.123. The zero-order valence-electron chi connectivity index (χ0n) is 16.0. The van der Waals surface area contributed by atoms with E-state index in [0.29, 0.717) is 16.5 Å². The van der Waals surface area contributed by atoms with E-state index in [0.717, 1.165) is 5.56 Å². The first-order chi connectivity index (χ1) is 13.4. The van der Waals surface area contributed by atoms with Crippen LogP contribution in [0.1, 0.15) is 42.7 Å². The summed E-state index contributed by atoms with van der Waals surface area (Å²) >= 11 is 0. The van der Waals surface area contributed by atoms with Gasteiger partial charge in [0, 0.05) is 11.1 Å². The maximum atomic E-state index is 12.5. The summed E-state index contributed by atoms with van der Waals surface area (Å²) in [6.45, 7) is 5.55. The Hall–Kier alpha value is -3.41. The van der Waals surface area contributed by atoms with Crippen molar-refractivity contribution in [3.8, 4) is 0 Å². The van der Waals surface area contributed by atoms with E-state index >= 15 is 0 Å². The van der Waals surface area contributed by atoms with Crippen LogP contribution in [0, 0.1) is 0 Å². The van der Waals surface area contributed by atoms with Crippen LogP contribution in [0.25, 0.3) is 10.8 Å². The van der Waals surface area contributed by atoms with Gasteiger partial charge in [-0.3, -0.25) is 9.59 Å². The number of hydrogen-bond donors (Lipinski definition) is 2. The van der Waals surface area contributed by atoms with Crippen LogP contribution in [0.4, 0.5) is 5.69 Å². The SMILES string of the molecule is CC(C)c1ccccc1NC(=O)[C@@H](C)OC(=O)c1cc2ccccc2c(=O)[nH]1. The molecule has 144 valence electrons. The molecule has 0 aliphatic rings. The molecule has 1 aromatic heterocycles. The molecule has 1 heterocycles. The smallest absolute Gasteiger partial charge is 0.355 e. The average Bonchev–Trinajstić information content (AvgIpc) is 2.68. The van der Waals surface area contributed by atoms with Crippen molar-refractivity contribution in [2.75, 3.05) is 5.32 Å². The van der Waals surface area contributed by atoms with Crippen LogP contribution in [0.5, 0.6) is 0 Å². The highest BCUT2D eigenvalue weighted by molar-refractivity contribution is 5.98. The van der Waals surface area contributed by atoms with Crippen molar-refractivity contribution in [3.05, 3.63) is 76.2 Å². The molecule has 1 atom stereocenters. The van der Waals surface area contributed by atoms with Crippen LogP contribution in [0.2, 0.25) is 0 Å². The minimum atomic E-state index is -1.03. The molecule has 3 aromatic rings. The highest BCUT2D eigenvalue weighted by Crippen LogP contribution is 2.24. The molecule has 28 heavy (non-hydrogen) atoms. The van der Waals surface area contributed by atoms with E-state index in [9.17, 15) is 14.4 Å². The molecule has 0 radical (unpaired) electrons. The second-order valence-electron chi connectivity index (χ2n) is 6.88. The number of fused-ring (bicyclic) bond motifs is 1. The van der Waals surface area contributed by atoms with Gasteiger partial charge < -0.3 is 15.0 Å². The molecule has 3 rings (SSSR count). The summed E-state index contributed by atoms with van der Waals surface area (Å²) in [6.07, 6.45) is -1.03. The number of H-pyrrole nitrogens is 1. The molecule has 0 aliphatic heterocycles. The summed E-state index contributed by atoms with van der Waals surface area (Å²) < 4.78 is 5.25. The fourth-order valence-corrected chi connectivity index (χ4v) is 2.95. The number of carbonyl (C=O) groups is 2. The molecule has 0 saturated heterocycles. The topological polar surface area (TPSA) is 88.3 Å². The van der Waals surface area contributed by atoms with Gasteiger partial charge in [0.15, 0.2) is 6.10 Å². The lowest BCUT2D eigenvalue weighted by Gasteiger charge is -2.17. The van der Waals surface area contributed by atoms with E-state index in [4.69, 9.17) is 4.74 Å². The molecule has 2 N–H and O–H groups in total. The molecule has 0 aliphatic carbocycles. The summed E-state index contributed by atoms with van der Waals surface area (Å²) in [6, 6.07) is 16.0. The molecule has 1 amide bonds. The van der Waals surface area contributed by atoms with Gasteiger partial charge in [-0.2, -0.15) is 0 Å². The predicted octanol–water partition coefficient (Wildman–Crippen LogP) is 3.84. The molecule has 0 bridgehead atoms. The summed E-state index contributed by atoms with van der Waals surface area (Å²) in [5, 5.41) is 3.91. The largest absolute Gasteiger partial charge is 0.448 e. The maximum absolute atomic E-state index is 12.5. The Bertz CT molecular complexity index is 1090. The summed E-state index contributed by atoms with van der Waals surface area (Å²) in [5.74, 6) is -0.968. The van der Waals surface area contributed by atoms with Crippen molar-refractivity contribution in [1.82, 2.24) is 4.98 Å². The molecule has 0 saturated carbocycles. The van der Waals surface area contributed by atoms with Gasteiger partial charge in [-0.1, -0.05) is 50.2 Å². The number of rotatable bonds is 5. The number of aromatic nitrogens is 1. The third-order valence-electron chi connectivity index (χ3n) is 4.47. The molecule has 6 heteroatoms. The number of benzene rings is 2. The van der Waals surface area contributed by atoms with Gasteiger partial charge in [0.05, 0.1) is 0 Å². The van der Waals surface area contributed by atoms with Crippen molar-refractivity contribution in [2.24, 2.45) is 0 Å². The number of para-hydroxylation sites is 1. The van der Waals surface area contributed by atoms with Gasteiger partial charge in [-0.15, -0.1) is 0 Å². The zero-order chi connectivity index (χ0) is 20.3. The number of carbonyl (C=O) groups excluding carboxylic acids is 2. The van der Waals surface area contributed by atoms with E-state index in [2.05, 4.69) is 10.3 Å². The fraction of sp³-hybridized carbons (Fsp3) is 0.227. The Labute approximate surface area is 162 Å². The van der Waals surface area contributed by atoms with E-state index in [1.807, 2.05) is 38.1 Å². The van der Waals surface area contributed by atoms with Gasteiger partial charge in [0.25, 0.3) is 11.5 Å². The predicted molar refractivity (Wildman–Crippen MR) is 109 cm³/mol. The Morgan fingerprint density at radius 2 is 1.68 bits per heavy atom. The van der Waals surface area contributed by atoms with Crippen LogP contribution < -0.4 is 10.9 Å². The minimum absolute atomic E-state index is 0.00549. The van der Waals surface area contributed by atoms with Crippen LogP contribution in [-0.4, -0.2) is 23.0 Å². The zero-order valence-corrected chi connectivity index (χ0v) is 16.0. The first-order valence-electron chi connectivity index (χ1n) is 9.09. The Balaban J connectivity index is 1.74. The number of nitrogens with one attached hydrogen (secondary N) is 2. The van der Waals surface area contributed by atoms with Gasteiger partial charge in [-0.05, 0) is 42.0 Å². The average molecular weight is 378 g/mol. The third kappa shape index (κ3) is 4.11. The third-order valence-corrected chi connectivity index (χ3v) is 4.47. The molecular weight excluding hydrogens is 356 g/mol. The van der Waals surface area contributed by atoms with Gasteiger partial charge in [0.2, 0.25) is 0 Å². The molecule has 6 nitrogen and oxygen atoms in total. The Morgan fingerprint density at radius 3 is 2.43 bits per heavy atom. The Kier molecular flexibility index (Phi) is 5.59. The molecule has 0 unspecified atom stereocenters. The van der Waals surface area contributed by atoms with Gasteiger partial charge >= 0.3 is 5.97 Å². The number of amides is 1. The van der Waals surface area contributed by atoms with Crippen LogP contribution >= 0.6 is 0 Å². The number of ether oxygens (including phenoxy) is 1. The number of esters is 1. The van der Waals surface area contributed by atoms with Gasteiger partial charge in [0.1, 0.15) is 5.69 Å². The number of aromatic amines is 1. The van der Waals surface area contributed by atoms with Crippen LogP contribution in [0.15, 0.2) is 59.4 Å². The maximum Gasteiger partial charge on any atom is 0.355 e. The van der Waals surface area contributed by atoms with Crippen LogP contribution in [-0.2, 0) is 9.53 Å². The number of hydrogen-bond acceptors (Lipinski definition) is 4. The van der Waals surface area contributed by atoms with E-state index in [1.165, 1.54) is 13.0 Å². The second-order valence-corrected chi connectivity index (χ2v) is 6.88. The molecule has 0 spiro atoms. The number of anilines is 1. The van der Waals surface area contributed by atoms with E-state index in [1.54, 1.807) is 24.3 Å². The first-order valence-corrected chi connectivity index (χ1v) is 9.09. The van der Waals surface area contributed by atoms with Crippen molar-refractivity contribution in [1.29, 1.82) is 0 Å². The van der Waals surface area contributed by atoms with Crippen molar-refractivity contribution in [3.63, 3.8) is 0 Å². The quantitative estimate of drug-likeness (QED) is 0.661. The van der Waals surface area contributed by atoms with Crippen LogP contribution in [0.3, 0.4) is 0 Å². The fourth-order valence-electron chi connectivity index (χ4n) is 2.95. The second kappa shape index (κ2) is 8.08. The molecular formula is C22H22N2O4. The normalized spacial score (nSPS) is 12.0. The molecule has 2 aromatic carbocycles. The monoisotopic (exact) mass is 378 g/mol. The lowest BCUT2D eigenvalue weighted by atomic mass is 10.0. The first kappa shape index (κ1) is 19.4. The lowest BCUT2D eigenvalue weighted by Crippen LogP contribution is -2.31. The van der Waals surface area contributed by atoms with Crippen molar-refractivity contribution in [2.45, 2.75) is 32.8 Å². The standard InChI is InChI=1S/C22H22N2O4/c1-13(2)16-9-6-7-11-18(16)23-20(25)14(3)28-22(27)19-12-15-8-4-5-10-17(15)21(26)24-19/h4-14H,1-3H3,(H,23,25)(H,24,26)/t14-/m1/s1. The highest BCUT2D eigenvalue weighted by atomic mass is 16.5. The van der Waals surface area contributed by atoms with E-state index < -0.39 is 18.0 Å². The van der Waals surface area contributed by atoms with Gasteiger partial charge in [-0.25, -0.2) is 4.79 Å². The highest BCUT2D eigenvalue weighted by Gasteiger charge is 2.21. The molecule has 0 fully saturated rings. The number of pyridine rings is 1. The minimum Gasteiger partial charge on any atom is -0.448 e. The summed E-state index contributed by atoms with van der Waals surface area (Å²) in [7, 11) is 0. The van der Waals surface area contributed by atoms with Crippen molar-refractivity contribution < 1.29 is 14.3 Å². The Morgan fingerprint density at radius 1 is 1.00 bits per heavy atom. The summed E-state index contributed by atoms with van der Waals surface area (Å²) in [5.41, 5.74) is 1.30. The van der Waals surface area contributed by atoms with Crippen molar-refractivity contribution >= 4 is 28.3 Å².